The molecule has 0 atom stereocenters. The highest BCUT2D eigenvalue weighted by atomic mass is 16.5. The van der Waals surface area contributed by atoms with E-state index in [0.717, 1.165) is 30.6 Å². The molecule has 0 aromatic heterocycles. The van der Waals surface area contributed by atoms with E-state index in [2.05, 4.69) is 24.4 Å². The normalized spacial score (nSPS) is 11.2. The van der Waals surface area contributed by atoms with Gasteiger partial charge in [-0.1, -0.05) is 45.4 Å². The van der Waals surface area contributed by atoms with Crippen LogP contribution in [0.1, 0.15) is 57.6 Å². The predicted octanol–water partition coefficient (Wildman–Crippen LogP) is 6.17. The van der Waals surface area contributed by atoms with Crippen LogP contribution in [0.5, 0.6) is 11.5 Å². The summed E-state index contributed by atoms with van der Waals surface area (Å²) in [5.74, 6) is 1.55. The van der Waals surface area contributed by atoms with Crippen LogP contribution in [0.25, 0.3) is 0 Å². The average Bonchev–Trinajstić information content (AvgIpc) is 2.71. The van der Waals surface area contributed by atoms with Gasteiger partial charge in [-0.05, 0) is 68.0 Å². The Bertz CT molecular complexity index is 781. The van der Waals surface area contributed by atoms with Crippen molar-refractivity contribution in [2.45, 2.75) is 59.8 Å². The Labute approximate surface area is 175 Å². The number of unbranched alkanes of at least 4 members (excludes halogenated alkanes) is 1. The van der Waals surface area contributed by atoms with Gasteiger partial charge >= 0.3 is 0 Å². The highest BCUT2D eigenvalue weighted by Crippen LogP contribution is 2.29. The van der Waals surface area contributed by atoms with E-state index >= 15 is 0 Å². The van der Waals surface area contributed by atoms with Crippen molar-refractivity contribution >= 4 is 11.6 Å². The lowest BCUT2D eigenvalue weighted by atomic mass is 9.87. The van der Waals surface area contributed by atoms with Crippen LogP contribution in [-0.4, -0.2) is 19.6 Å². The minimum atomic E-state index is -0.497. The van der Waals surface area contributed by atoms with Crippen molar-refractivity contribution in [2.24, 2.45) is 5.41 Å². The second-order valence-electron chi connectivity index (χ2n) is 8.24. The number of nitrogens with one attached hydrogen (secondary N) is 1. The summed E-state index contributed by atoms with van der Waals surface area (Å²) in [7, 11) is 1.61. The first-order chi connectivity index (χ1) is 13.9. The van der Waals surface area contributed by atoms with Crippen molar-refractivity contribution in [3.8, 4) is 11.5 Å². The van der Waals surface area contributed by atoms with Crippen LogP contribution in [0.4, 0.5) is 5.69 Å². The van der Waals surface area contributed by atoms with Gasteiger partial charge in [0.05, 0.1) is 19.4 Å². The summed E-state index contributed by atoms with van der Waals surface area (Å²) in [5, 5.41) is 3.01. The van der Waals surface area contributed by atoms with Crippen LogP contribution in [0.2, 0.25) is 0 Å². The van der Waals surface area contributed by atoms with Crippen LogP contribution < -0.4 is 14.8 Å². The summed E-state index contributed by atoms with van der Waals surface area (Å²) in [6.07, 6.45) is 5.08. The number of ether oxygens (including phenoxy) is 2. The number of anilines is 1. The van der Waals surface area contributed by atoms with Gasteiger partial charge in [-0.15, -0.1) is 0 Å². The minimum Gasteiger partial charge on any atom is -0.495 e. The Morgan fingerprint density at radius 3 is 2.45 bits per heavy atom. The Kier molecular flexibility index (Phi) is 8.56. The molecule has 1 amide bonds. The lowest BCUT2D eigenvalue weighted by Gasteiger charge is -2.24. The van der Waals surface area contributed by atoms with E-state index in [1.807, 2.05) is 51.1 Å². The number of amides is 1. The SMILES string of the molecule is CCCCc1ccc(OCCCC(C)(C)C(=O)Nc2ccc(C)cc2OC)cc1. The van der Waals surface area contributed by atoms with Crippen LogP contribution in [0.3, 0.4) is 0 Å². The number of benzene rings is 2. The molecule has 158 valence electrons. The number of carbonyl (C=O) groups excluding carboxylic acids is 1. The van der Waals surface area contributed by atoms with Crippen molar-refractivity contribution < 1.29 is 14.3 Å². The van der Waals surface area contributed by atoms with Gasteiger partial charge in [0.15, 0.2) is 0 Å². The first-order valence-electron chi connectivity index (χ1n) is 10.5. The van der Waals surface area contributed by atoms with Crippen molar-refractivity contribution in [1.29, 1.82) is 0 Å². The second kappa shape index (κ2) is 10.9. The molecule has 0 spiro atoms. The maximum atomic E-state index is 12.8. The highest BCUT2D eigenvalue weighted by Gasteiger charge is 2.27. The molecule has 2 rings (SSSR count). The zero-order chi connectivity index (χ0) is 21.3. The highest BCUT2D eigenvalue weighted by molar-refractivity contribution is 5.96. The fraction of sp³-hybridized carbons (Fsp3) is 0.480. The molecule has 0 bridgehead atoms. The predicted molar refractivity (Wildman–Crippen MR) is 120 cm³/mol. The molecule has 0 saturated carbocycles. The van der Waals surface area contributed by atoms with E-state index in [4.69, 9.17) is 9.47 Å². The summed E-state index contributed by atoms with van der Waals surface area (Å²) >= 11 is 0. The van der Waals surface area contributed by atoms with E-state index in [-0.39, 0.29) is 5.91 Å². The lowest BCUT2D eigenvalue weighted by molar-refractivity contribution is -0.124. The molecule has 2 aromatic carbocycles. The third-order valence-electron chi connectivity index (χ3n) is 5.18. The molecule has 0 fully saturated rings. The first-order valence-corrected chi connectivity index (χ1v) is 10.5. The Morgan fingerprint density at radius 1 is 1.07 bits per heavy atom. The molecular weight excluding hydrogens is 362 g/mol. The molecule has 0 aliphatic heterocycles. The fourth-order valence-electron chi connectivity index (χ4n) is 3.14. The summed E-state index contributed by atoms with van der Waals surface area (Å²) in [6, 6.07) is 14.1. The molecule has 0 heterocycles. The molecule has 0 unspecified atom stereocenters. The standard InChI is InChI=1S/C25H35NO3/c1-6-7-9-20-11-13-21(14-12-20)29-17-8-16-25(3,4)24(27)26-22-15-10-19(2)18-23(22)28-5/h10-15,18H,6-9,16-17H2,1-5H3,(H,26,27). The fourth-order valence-corrected chi connectivity index (χ4v) is 3.14. The first kappa shape index (κ1) is 22.8. The Hall–Kier alpha value is -2.49. The van der Waals surface area contributed by atoms with E-state index < -0.39 is 5.41 Å². The summed E-state index contributed by atoms with van der Waals surface area (Å²) in [5.41, 5.74) is 2.65. The monoisotopic (exact) mass is 397 g/mol. The molecule has 0 aliphatic rings. The molecule has 0 saturated heterocycles. The van der Waals surface area contributed by atoms with E-state index in [1.165, 1.54) is 18.4 Å². The number of hydrogen-bond acceptors (Lipinski definition) is 3. The van der Waals surface area contributed by atoms with Gasteiger partial charge < -0.3 is 14.8 Å². The third kappa shape index (κ3) is 7.12. The van der Waals surface area contributed by atoms with Crippen molar-refractivity contribution in [3.05, 3.63) is 53.6 Å². The molecule has 2 aromatic rings. The van der Waals surface area contributed by atoms with Gasteiger partial charge in [0, 0.05) is 5.41 Å². The number of methoxy groups -OCH3 is 1. The molecule has 0 aliphatic carbocycles. The van der Waals surface area contributed by atoms with Crippen molar-refractivity contribution in [2.75, 3.05) is 19.0 Å². The van der Waals surface area contributed by atoms with Crippen LogP contribution in [0.15, 0.2) is 42.5 Å². The van der Waals surface area contributed by atoms with E-state index in [9.17, 15) is 4.79 Å². The van der Waals surface area contributed by atoms with Gasteiger partial charge in [0.1, 0.15) is 11.5 Å². The number of aryl methyl sites for hydroxylation is 2. The van der Waals surface area contributed by atoms with E-state index in [1.54, 1.807) is 7.11 Å². The molecule has 29 heavy (non-hydrogen) atoms. The second-order valence-corrected chi connectivity index (χ2v) is 8.24. The average molecular weight is 398 g/mol. The van der Waals surface area contributed by atoms with Crippen LogP contribution in [0, 0.1) is 12.3 Å². The number of hydrogen-bond donors (Lipinski definition) is 1. The molecular formula is C25H35NO3. The maximum absolute atomic E-state index is 12.8. The van der Waals surface area contributed by atoms with Gasteiger partial charge in [-0.3, -0.25) is 4.79 Å². The lowest BCUT2D eigenvalue weighted by Crippen LogP contribution is -2.31. The Balaban J connectivity index is 1.81. The van der Waals surface area contributed by atoms with Gasteiger partial charge in [0.25, 0.3) is 0 Å². The summed E-state index contributed by atoms with van der Waals surface area (Å²) in [6.45, 7) is 8.73. The zero-order valence-corrected chi connectivity index (χ0v) is 18.5. The minimum absolute atomic E-state index is 0.0140. The van der Waals surface area contributed by atoms with Gasteiger partial charge in [-0.2, -0.15) is 0 Å². The van der Waals surface area contributed by atoms with Gasteiger partial charge in [0.2, 0.25) is 5.91 Å². The zero-order valence-electron chi connectivity index (χ0n) is 18.5. The quantitative estimate of drug-likeness (QED) is 0.461. The third-order valence-corrected chi connectivity index (χ3v) is 5.18. The smallest absolute Gasteiger partial charge is 0.230 e. The van der Waals surface area contributed by atoms with Crippen molar-refractivity contribution in [3.63, 3.8) is 0 Å². The molecule has 0 radical (unpaired) electrons. The molecule has 4 nitrogen and oxygen atoms in total. The molecule has 1 N–H and O–H groups in total. The largest absolute Gasteiger partial charge is 0.495 e. The topological polar surface area (TPSA) is 47.6 Å². The van der Waals surface area contributed by atoms with Crippen LogP contribution >= 0.6 is 0 Å². The van der Waals surface area contributed by atoms with Crippen LogP contribution in [-0.2, 0) is 11.2 Å². The van der Waals surface area contributed by atoms with Crippen molar-refractivity contribution in [1.82, 2.24) is 0 Å². The number of rotatable bonds is 11. The van der Waals surface area contributed by atoms with Gasteiger partial charge in [-0.25, -0.2) is 0 Å². The Morgan fingerprint density at radius 2 is 1.79 bits per heavy atom. The summed E-state index contributed by atoms with van der Waals surface area (Å²) in [4.78, 5) is 12.8. The van der Waals surface area contributed by atoms with E-state index in [0.29, 0.717) is 18.0 Å². The molecule has 4 heteroatoms. The maximum Gasteiger partial charge on any atom is 0.230 e. The summed E-state index contributed by atoms with van der Waals surface area (Å²) < 4.78 is 11.2. The number of carbonyl (C=O) groups is 1.